The van der Waals surface area contributed by atoms with Crippen LogP contribution in [0.4, 0.5) is 5.69 Å². The average molecular weight is 267 g/mol. The van der Waals surface area contributed by atoms with E-state index in [2.05, 4.69) is 43.3 Å². The molecule has 0 amide bonds. The zero-order chi connectivity index (χ0) is 14.1. The van der Waals surface area contributed by atoms with Gasteiger partial charge in [0.1, 0.15) is 5.75 Å². The molecule has 0 spiro atoms. The fraction of sp³-hybridized carbons (Fsp3) is 0.333. The van der Waals surface area contributed by atoms with Crippen LogP contribution >= 0.6 is 0 Å². The molecule has 2 nitrogen and oxygen atoms in total. The number of nitrogen functional groups attached to an aromatic ring is 1. The van der Waals surface area contributed by atoms with E-state index in [9.17, 15) is 5.11 Å². The van der Waals surface area contributed by atoms with Crippen LogP contribution in [0, 0.1) is 5.92 Å². The monoisotopic (exact) mass is 267 g/mol. The molecule has 1 aliphatic carbocycles. The van der Waals surface area contributed by atoms with Crippen molar-refractivity contribution in [2.24, 2.45) is 5.92 Å². The van der Waals surface area contributed by atoms with Gasteiger partial charge in [0.2, 0.25) is 0 Å². The lowest BCUT2D eigenvalue weighted by atomic mass is 9.75. The largest absolute Gasteiger partial charge is 0.505 e. The number of nitrogens with two attached hydrogens (primary N) is 1. The van der Waals surface area contributed by atoms with Gasteiger partial charge in [-0.25, -0.2) is 0 Å². The summed E-state index contributed by atoms with van der Waals surface area (Å²) in [5.41, 5.74) is 10.00. The number of phenols is 1. The third kappa shape index (κ3) is 2.26. The van der Waals surface area contributed by atoms with Crippen LogP contribution in [0.15, 0.2) is 42.5 Å². The maximum atomic E-state index is 10.1. The number of hydrogen-bond acceptors (Lipinski definition) is 2. The van der Waals surface area contributed by atoms with E-state index in [0.29, 0.717) is 23.3 Å². The standard InChI is InChI=1S/C18H21NO/c1-12(13-5-3-2-4-6-13)14-7-9-16-15(11-14)8-10-17(19)18(16)20/h2-6,8,10,12,14,20H,7,9,11,19H2,1H3/t12-,14?/m1/s1. The van der Waals surface area contributed by atoms with Gasteiger partial charge in [-0.05, 0) is 53.9 Å². The van der Waals surface area contributed by atoms with Gasteiger partial charge < -0.3 is 10.8 Å². The highest BCUT2D eigenvalue weighted by molar-refractivity contribution is 5.59. The third-order valence-corrected chi connectivity index (χ3v) is 4.69. The Kier molecular flexibility index (Phi) is 3.39. The van der Waals surface area contributed by atoms with E-state index in [0.717, 1.165) is 24.8 Å². The van der Waals surface area contributed by atoms with Gasteiger partial charge >= 0.3 is 0 Å². The topological polar surface area (TPSA) is 46.2 Å². The minimum atomic E-state index is 0.299. The number of anilines is 1. The molecule has 0 saturated heterocycles. The van der Waals surface area contributed by atoms with Crippen LogP contribution in [0.2, 0.25) is 0 Å². The fourth-order valence-electron chi connectivity index (χ4n) is 3.34. The molecule has 2 aromatic rings. The highest BCUT2D eigenvalue weighted by atomic mass is 16.3. The Balaban J connectivity index is 1.84. The number of benzene rings is 2. The van der Waals surface area contributed by atoms with Crippen molar-refractivity contribution in [3.8, 4) is 5.75 Å². The predicted molar refractivity (Wildman–Crippen MR) is 82.9 cm³/mol. The summed E-state index contributed by atoms with van der Waals surface area (Å²) in [6, 6.07) is 14.6. The van der Waals surface area contributed by atoms with Gasteiger partial charge in [0.25, 0.3) is 0 Å². The average Bonchev–Trinajstić information content (AvgIpc) is 2.51. The van der Waals surface area contributed by atoms with Crippen molar-refractivity contribution in [2.45, 2.75) is 32.1 Å². The number of rotatable bonds is 2. The quantitative estimate of drug-likeness (QED) is 0.640. The van der Waals surface area contributed by atoms with E-state index < -0.39 is 0 Å². The first kappa shape index (κ1) is 13.0. The van der Waals surface area contributed by atoms with Gasteiger partial charge in [-0.3, -0.25) is 0 Å². The summed E-state index contributed by atoms with van der Waals surface area (Å²) < 4.78 is 0. The maximum absolute atomic E-state index is 10.1. The molecule has 0 fully saturated rings. The van der Waals surface area contributed by atoms with Crippen LogP contribution in [0.3, 0.4) is 0 Å². The van der Waals surface area contributed by atoms with Crippen molar-refractivity contribution in [3.63, 3.8) is 0 Å². The Morgan fingerprint density at radius 3 is 2.65 bits per heavy atom. The van der Waals surface area contributed by atoms with Crippen molar-refractivity contribution in [1.82, 2.24) is 0 Å². The van der Waals surface area contributed by atoms with E-state index in [1.807, 2.05) is 6.07 Å². The number of fused-ring (bicyclic) bond motifs is 1. The molecule has 2 aromatic carbocycles. The Hall–Kier alpha value is -1.96. The molecule has 104 valence electrons. The maximum Gasteiger partial charge on any atom is 0.141 e. The van der Waals surface area contributed by atoms with Crippen molar-refractivity contribution >= 4 is 5.69 Å². The summed E-state index contributed by atoms with van der Waals surface area (Å²) in [4.78, 5) is 0. The van der Waals surface area contributed by atoms with Gasteiger partial charge in [0.05, 0.1) is 5.69 Å². The smallest absolute Gasteiger partial charge is 0.141 e. The second-order valence-corrected chi connectivity index (χ2v) is 5.84. The summed E-state index contributed by atoms with van der Waals surface area (Å²) in [7, 11) is 0. The van der Waals surface area contributed by atoms with E-state index in [1.54, 1.807) is 0 Å². The van der Waals surface area contributed by atoms with Crippen LogP contribution in [-0.2, 0) is 12.8 Å². The molecule has 2 atom stereocenters. The highest BCUT2D eigenvalue weighted by Crippen LogP contribution is 2.39. The number of aromatic hydroxyl groups is 1. The molecule has 3 rings (SSSR count). The molecule has 0 saturated carbocycles. The Labute approximate surface area is 120 Å². The zero-order valence-corrected chi connectivity index (χ0v) is 11.8. The summed E-state index contributed by atoms with van der Waals surface area (Å²) >= 11 is 0. The van der Waals surface area contributed by atoms with E-state index in [4.69, 9.17) is 5.73 Å². The zero-order valence-electron chi connectivity index (χ0n) is 11.8. The Morgan fingerprint density at radius 1 is 1.15 bits per heavy atom. The summed E-state index contributed by atoms with van der Waals surface area (Å²) in [6.07, 6.45) is 3.06. The van der Waals surface area contributed by atoms with Crippen LogP contribution in [0.25, 0.3) is 0 Å². The minimum Gasteiger partial charge on any atom is -0.505 e. The van der Waals surface area contributed by atoms with Gasteiger partial charge in [-0.1, -0.05) is 43.3 Å². The molecule has 0 bridgehead atoms. The number of phenolic OH excluding ortho intramolecular Hbond substituents is 1. The van der Waals surface area contributed by atoms with Crippen LogP contribution < -0.4 is 5.73 Å². The van der Waals surface area contributed by atoms with E-state index in [1.165, 1.54) is 11.1 Å². The van der Waals surface area contributed by atoms with Crippen molar-refractivity contribution in [3.05, 3.63) is 59.2 Å². The molecular weight excluding hydrogens is 246 g/mol. The lowest BCUT2D eigenvalue weighted by Crippen LogP contribution is -2.20. The summed E-state index contributed by atoms with van der Waals surface area (Å²) in [5, 5.41) is 10.1. The lowest BCUT2D eigenvalue weighted by molar-refractivity contribution is 0.384. The van der Waals surface area contributed by atoms with Crippen molar-refractivity contribution in [2.75, 3.05) is 5.73 Å². The minimum absolute atomic E-state index is 0.299. The fourth-order valence-corrected chi connectivity index (χ4v) is 3.34. The molecule has 0 aromatic heterocycles. The molecule has 20 heavy (non-hydrogen) atoms. The second-order valence-electron chi connectivity index (χ2n) is 5.84. The van der Waals surface area contributed by atoms with Gasteiger partial charge in [-0.2, -0.15) is 0 Å². The van der Waals surface area contributed by atoms with E-state index in [-0.39, 0.29) is 0 Å². The second kappa shape index (κ2) is 5.20. The Morgan fingerprint density at radius 2 is 1.90 bits per heavy atom. The molecular formula is C18H21NO. The molecule has 0 radical (unpaired) electrons. The van der Waals surface area contributed by atoms with E-state index >= 15 is 0 Å². The molecule has 1 aliphatic rings. The molecule has 2 heteroatoms. The van der Waals surface area contributed by atoms with Gasteiger partial charge in [0, 0.05) is 0 Å². The first-order chi connectivity index (χ1) is 9.66. The first-order valence-electron chi connectivity index (χ1n) is 7.31. The van der Waals surface area contributed by atoms with Gasteiger partial charge in [-0.15, -0.1) is 0 Å². The normalized spacial score (nSPS) is 19.4. The first-order valence-corrected chi connectivity index (χ1v) is 7.31. The molecule has 1 unspecified atom stereocenters. The van der Waals surface area contributed by atoms with Crippen LogP contribution in [0.1, 0.15) is 36.0 Å². The SMILES string of the molecule is C[C@H](c1ccccc1)C1CCc2c(ccc(N)c2O)C1. The predicted octanol–water partition coefficient (Wildman–Crippen LogP) is 3.88. The van der Waals surface area contributed by atoms with Crippen LogP contribution in [-0.4, -0.2) is 5.11 Å². The molecule has 3 N–H and O–H groups in total. The lowest BCUT2D eigenvalue weighted by Gasteiger charge is -2.30. The molecule has 0 heterocycles. The summed E-state index contributed by atoms with van der Waals surface area (Å²) in [5.74, 6) is 1.48. The number of hydrogen-bond donors (Lipinski definition) is 2. The summed E-state index contributed by atoms with van der Waals surface area (Å²) in [6.45, 7) is 2.31. The third-order valence-electron chi connectivity index (χ3n) is 4.69. The van der Waals surface area contributed by atoms with Crippen LogP contribution in [0.5, 0.6) is 5.75 Å². The van der Waals surface area contributed by atoms with Crippen molar-refractivity contribution < 1.29 is 5.11 Å². The highest BCUT2D eigenvalue weighted by Gasteiger charge is 2.26. The van der Waals surface area contributed by atoms with Gasteiger partial charge in [0.15, 0.2) is 0 Å². The van der Waals surface area contributed by atoms with Crippen molar-refractivity contribution in [1.29, 1.82) is 0 Å². The molecule has 0 aliphatic heterocycles. The Bertz CT molecular complexity index is 606.